The van der Waals surface area contributed by atoms with E-state index in [0.29, 0.717) is 18.2 Å². The zero-order chi connectivity index (χ0) is 17.5. The predicted molar refractivity (Wildman–Crippen MR) is 101 cm³/mol. The molecule has 0 bridgehead atoms. The summed E-state index contributed by atoms with van der Waals surface area (Å²) in [7, 11) is 0. The van der Waals surface area contributed by atoms with Gasteiger partial charge >= 0.3 is 0 Å². The number of ether oxygens (including phenoxy) is 1. The summed E-state index contributed by atoms with van der Waals surface area (Å²) in [5.74, 6) is 0.828. The van der Waals surface area contributed by atoms with Crippen LogP contribution in [0.25, 0.3) is 0 Å². The molecular weight excluding hydrogens is 342 g/mol. The van der Waals surface area contributed by atoms with E-state index in [1.165, 1.54) is 22.9 Å². The van der Waals surface area contributed by atoms with Crippen LogP contribution in [0.4, 0.5) is 0 Å². The van der Waals surface area contributed by atoms with Crippen molar-refractivity contribution in [2.45, 2.75) is 30.9 Å². The van der Waals surface area contributed by atoms with Crippen LogP contribution in [0.5, 0.6) is 5.75 Å². The Bertz CT molecular complexity index is 688. The maximum atomic E-state index is 12.1. The van der Waals surface area contributed by atoms with E-state index in [0.717, 1.165) is 10.6 Å². The molecule has 0 radical (unpaired) electrons. The van der Waals surface area contributed by atoms with Gasteiger partial charge in [-0.15, -0.1) is 11.8 Å². The predicted octanol–water partition coefficient (Wildman–Crippen LogP) is 4.63. The van der Waals surface area contributed by atoms with E-state index in [1.54, 1.807) is 0 Å². The number of thioether (sulfide) groups is 1. The van der Waals surface area contributed by atoms with Crippen molar-refractivity contribution >= 4 is 29.3 Å². The largest absolute Gasteiger partial charge is 0.492 e. The fourth-order valence-corrected chi connectivity index (χ4v) is 3.08. The Hall–Kier alpha value is -1.65. The number of carbonyl (C=O) groups is 1. The lowest BCUT2D eigenvalue weighted by molar-refractivity contribution is -0.120. The Morgan fingerprint density at radius 1 is 1.17 bits per heavy atom. The summed E-state index contributed by atoms with van der Waals surface area (Å²) in [5, 5.41) is 3.42. The Balaban J connectivity index is 1.72. The molecule has 0 saturated heterocycles. The molecule has 0 heterocycles. The molecule has 0 aromatic heterocycles. The molecule has 5 heteroatoms. The summed E-state index contributed by atoms with van der Waals surface area (Å²) in [6.07, 6.45) is 0. The average molecular weight is 364 g/mol. The van der Waals surface area contributed by atoms with Gasteiger partial charge in [0.25, 0.3) is 0 Å². The maximum absolute atomic E-state index is 12.1. The zero-order valence-electron chi connectivity index (χ0n) is 14.1. The number of rotatable bonds is 7. The number of aryl methyl sites for hydroxylation is 2. The molecule has 3 nitrogen and oxygen atoms in total. The fourth-order valence-electron chi connectivity index (χ4n) is 2.06. The number of benzene rings is 2. The summed E-state index contributed by atoms with van der Waals surface area (Å²) in [4.78, 5) is 13.1. The first-order chi connectivity index (χ1) is 11.5. The van der Waals surface area contributed by atoms with E-state index in [1.807, 2.05) is 49.4 Å². The first kappa shape index (κ1) is 18.7. The Morgan fingerprint density at radius 3 is 2.54 bits per heavy atom. The summed E-state index contributed by atoms with van der Waals surface area (Å²) in [6.45, 7) is 6.95. The normalized spacial score (nSPS) is 11.8. The van der Waals surface area contributed by atoms with Gasteiger partial charge in [-0.3, -0.25) is 4.79 Å². The lowest BCUT2D eigenvalue weighted by Crippen LogP contribution is -2.33. The molecule has 2 aromatic rings. The van der Waals surface area contributed by atoms with E-state index < -0.39 is 0 Å². The van der Waals surface area contributed by atoms with Crippen molar-refractivity contribution in [2.75, 3.05) is 13.2 Å². The van der Waals surface area contributed by atoms with Crippen LogP contribution in [0.1, 0.15) is 18.1 Å². The second kappa shape index (κ2) is 9.00. The number of carbonyl (C=O) groups excluding carboxylic acids is 1. The minimum absolute atomic E-state index is 0.00126. The van der Waals surface area contributed by atoms with E-state index >= 15 is 0 Å². The first-order valence-electron chi connectivity index (χ1n) is 7.85. The highest BCUT2D eigenvalue weighted by molar-refractivity contribution is 8.00. The van der Waals surface area contributed by atoms with Gasteiger partial charge in [0, 0.05) is 9.92 Å². The monoisotopic (exact) mass is 363 g/mol. The molecule has 0 unspecified atom stereocenters. The van der Waals surface area contributed by atoms with Crippen molar-refractivity contribution in [2.24, 2.45) is 0 Å². The van der Waals surface area contributed by atoms with Crippen LogP contribution >= 0.6 is 23.4 Å². The minimum Gasteiger partial charge on any atom is -0.492 e. The highest BCUT2D eigenvalue weighted by Gasteiger charge is 2.13. The highest BCUT2D eigenvalue weighted by atomic mass is 35.5. The Morgan fingerprint density at radius 2 is 1.88 bits per heavy atom. The van der Waals surface area contributed by atoms with Gasteiger partial charge in [-0.25, -0.2) is 0 Å². The van der Waals surface area contributed by atoms with Crippen molar-refractivity contribution in [3.63, 3.8) is 0 Å². The lowest BCUT2D eigenvalue weighted by Gasteiger charge is -2.13. The van der Waals surface area contributed by atoms with Crippen molar-refractivity contribution in [1.82, 2.24) is 5.32 Å². The molecule has 128 valence electrons. The third kappa shape index (κ3) is 5.77. The van der Waals surface area contributed by atoms with Crippen LogP contribution in [-0.4, -0.2) is 24.3 Å². The highest BCUT2D eigenvalue weighted by Crippen LogP contribution is 2.24. The molecule has 2 rings (SSSR count). The van der Waals surface area contributed by atoms with E-state index in [4.69, 9.17) is 16.3 Å². The van der Waals surface area contributed by atoms with Gasteiger partial charge in [0.05, 0.1) is 11.8 Å². The van der Waals surface area contributed by atoms with Crippen LogP contribution in [-0.2, 0) is 4.79 Å². The maximum Gasteiger partial charge on any atom is 0.233 e. The van der Waals surface area contributed by atoms with Gasteiger partial charge < -0.3 is 10.1 Å². The topological polar surface area (TPSA) is 38.3 Å². The number of hydrogen-bond donors (Lipinski definition) is 1. The molecule has 0 spiro atoms. The summed E-state index contributed by atoms with van der Waals surface area (Å²) in [5.41, 5.74) is 2.44. The SMILES string of the molecule is Cc1ccc(OCCNC(=O)[C@H](C)Sc2ccc(Cl)cc2)cc1C. The number of hydrogen-bond acceptors (Lipinski definition) is 3. The molecule has 1 N–H and O–H groups in total. The van der Waals surface area contributed by atoms with Gasteiger partial charge in [0.2, 0.25) is 5.91 Å². The minimum atomic E-state index is -0.173. The Labute approximate surface area is 152 Å². The quantitative estimate of drug-likeness (QED) is 0.575. The second-order valence-corrected chi connectivity index (χ2v) is 7.45. The lowest BCUT2D eigenvalue weighted by atomic mass is 10.1. The van der Waals surface area contributed by atoms with Crippen molar-refractivity contribution in [3.05, 3.63) is 58.6 Å². The summed E-state index contributed by atoms with van der Waals surface area (Å²) < 4.78 is 5.67. The first-order valence-corrected chi connectivity index (χ1v) is 9.11. The van der Waals surface area contributed by atoms with Crippen LogP contribution < -0.4 is 10.1 Å². The Kier molecular flexibility index (Phi) is 7.00. The number of halogens is 1. The molecule has 0 aliphatic carbocycles. The third-order valence-electron chi connectivity index (χ3n) is 3.64. The van der Waals surface area contributed by atoms with Gasteiger partial charge in [-0.05, 0) is 68.3 Å². The standard InChI is InChI=1S/C19H22ClNO2S/c1-13-4-7-17(12-14(13)2)23-11-10-21-19(22)15(3)24-18-8-5-16(20)6-9-18/h4-9,12,15H,10-11H2,1-3H3,(H,21,22)/t15-/m0/s1. The molecule has 1 amide bonds. The van der Waals surface area contributed by atoms with E-state index in [9.17, 15) is 4.79 Å². The molecule has 2 aromatic carbocycles. The molecule has 0 fully saturated rings. The van der Waals surface area contributed by atoms with Crippen molar-refractivity contribution < 1.29 is 9.53 Å². The van der Waals surface area contributed by atoms with Crippen LogP contribution in [0.3, 0.4) is 0 Å². The number of nitrogens with one attached hydrogen (secondary N) is 1. The van der Waals surface area contributed by atoms with E-state index in [2.05, 4.69) is 19.2 Å². The second-order valence-electron chi connectivity index (χ2n) is 5.60. The smallest absolute Gasteiger partial charge is 0.233 e. The van der Waals surface area contributed by atoms with Gasteiger partial charge in [-0.2, -0.15) is 0 Å². The van der Waals surface area contributed by atoms with Gasteiger partial charge in [0.15, 0.2) is 0 Å². The molecule has 0 aliphatic rings. The fraction of sp³-hybridized carbons (Fsp3) is 0.316. The van der Waals surface area contributed by atoms with Gasteiger partial charge in [0.1, 0.15) is 12.4 Å². The molecule has 0 aliphatic heterocycles. The third-order valence-corrected chi connectivity index (χ3v) is 5.01. The number of amides is 1. The van der Waals surface area contributed by atoms with Crippen molar-refractivity contribution in [3.8, 4) is 5.75 Å². The molecule has 1 atom stereocenters. The van der Waals surface area contributed by atoms with Crippen LogP contribution in [0, 0.1) is 13.8 Å². The zero-order valence-corrected chi connectivity index (χ0v) is 15.7. The van der Waals surface area contributed by atoms with Crippen LogP contribution in [0.15, 0.2) is 47.4 Å². The average Bonchev–Trinajstić information content (AvgIpc) is 2.56. The molecular formula is C19H22ClNO2S. The van der Waals surface area contributed by atoms with Crippen molar-refractivity contribution in [1.29, 1.82) is 0 Å². The summed E-state index contributed by atoms with van der Waals surface area (Å²) >= 11 is 7.37. The summed E-state index contributed by atoms with van der Waals surface area (Å²) in [6, 6.07) is 13.5. The molecule has 24 heavy (non-hydrogen) atoms. The van der Waals surface area contributed by atoms with E-state index in [-0.39, 0.29) is 11.2 Å². The van der Waals surface area contributed by atoms with Gasteiger partial charge in [-0.1, -0.05) is 17.7 Å². The molecule has 0 saturated carbocycles. The van der Waals surface area contributed by atoms with Crippen LogP contribution in [0.2, 0.25) is 5.02 Å².